The highest BCUT2D eigenvalue weighted by Crippen LogP contribution is 2.02. The molecule has 0 unspecified atom stereocenters. The first-order valence-corrected chi connectivity index (χ1v) is 3.79. The van der Waals surface area contributed by atoms with E-state index in [1.807, 2.05) is 17.5 Å². The maximum Gasteiger partial charge on any atom is 0.0960 e. The van der Waals surface area contributed by atoms with Crippen molar-refractivity contribution in [2.75, 3.05) is 0 Å². The van der Waals surface area contributed by atoms with Crippen LogP contribution in [-0.2, 0) is 0 Å². The summed E-state index contributed by atoms with van der Waals surface area (Å²) >= 11 is 1.36. The molecule has 0 aliphatic carbocycles. The van der Waals surface area contributed by atoms with E-state index >= 15 is 0 Å². The van der Waals surface area contributed by atoms with Crippen molar-refractivity contribution in [2.45, 2.75) is 13.3 Å². The van der Waals surface area contributed by atoms with E-state index in [0.717, 1.165) is 12.1 Å². The zero-order chi connectivity index (χ0) is 7.40. The van der Waals surface area contributed by atoms with Crippen molar-refractivity contribution >= 4 is 17.4 Å². The molecular formula is C7H9NS. The Morgan fingerprint density at radius 3 is 3.44 bits per heavy atom. The summed E-state index contributed by atoms with van der Waals surface area (Å²) in [4.78, 5) is 3.95. The summed E-state index contributed by atoms with van der Waals surface area (Å²) in [6, 6.07) is 0. The molecule has 0 fully saturated rings. The van der Waals surface area contributed by atoms with Crippen molar-refractivity contribution in [2.24, 2.45) is 0 Å². The van der Waals surface area contributed by atoms with Gasteiger partial charge in [0.15, 0.2) is 0 Å². The topological polar surface area (TPSA) is 12.9 Å². The largest absolute Gasteiger partial charge is 0.245 e. The molecule has 0 aliphatic rings. The van der Waals surface area contributed by atoms with Gasteiger partial charge >= 0.3 is 0 Å². The quantitative estimate of drug-likeness (QED) is 0.615. The zero-order valence-electron chi connectivity index (χ0n) is 6.29. The number of allylic oxidation sites excluding steroid dienone is 1. The van der Waals surface area contributed by atoms with Gasteiger partial charge in [-0.15, -0.1) is 11.3 Å². The van der Waals surface area contributed by atoms with Gasteiger partial charge in [0.05, 0.1) is 12.6 Å². The Morgan fingerprint density at radius 2 is 2.89 bits per heavy atom. The lowest BCUT2D eigenvalue weighted by atomic mass is 10.4. The van der Waals surface area contributed by atoms with E-state index in [1.165, 1.54) is 11.3 Å². The molecule has 48 valence electrons. The highest BCUT2D eigenvalue weighted by molar-refractivity contribution is 7.07. The second-order valence-corrected chi connectivity index (χ2v) is 2.33. The second-order valence-electron chi connectivity index (χ2n) is 1.67. The Labute approximate surface area is 60.5 Å². The van der Waals surface area contributed by atoms with Crippen LogP contribution < -0.4 is 0 Å². The summed E-state index contributed by atoms with van der Waals surface area (Å²) in [5.74, 6) is 0. The number of hydrogen-bond acceptors (Lipinski definition) is 2. The average Bonchev–Trinajstić information content (AvgIpc) is 2.31. The Hall–Kier alpha value is -0.630. The molecule has 0 atom stereocenters. The molecule has 2 heteroatoms. The molecule has 0 radical (unpaired) electrons. The van der Waals surface area contributed by atoms with Crippen LogP contribution in [0.1, 0.15) is 20.4 Å². The minimum atomic E-state index is 0.385. The van der Waals surface area contributed by atoms with Crippen LogP contribution in [0.25, 0.3) is 6.08 Å². The number of thiazole rings is 1. The Balaban J connectivity index is 2.67. The van der Waals surface area contributed by atoms with Gasteiger partial charge in [-0.25, -0.2) is 4.98 Å². The van der Waals surface area contributed by atoms with Gasteiger partial charge in [-0.1, -0.05) is 13.0 Å². The second kappa shape index (κ2) is 3.41. The van der Waals surface area contributed by atoms with Crippen LogP contribution in [0.3, 0.4) is 0 Å². The molecule has 0 bridgehead atoms. The Morgan fingerprint density at radius 1 is 2.00 bits per heavy atom. The number of nitrogens with zero attached hydrogens (tertiary/aromatic N) is 1. The predicted molar refractivity (Wildman–Crippen MR) is 41.4 cm³/mol. The van der Waals surface area contributed by atoms with E-state index in [4.69, 9.17) is 1.37 Å². The molecule has 0 amide bonds. The molecule has 0 N–H and O–H groups in total. The third kappa shape index (κ3) is 1.98. The standard InChI is InChI=1S/C7H9NS/c1-2-3-4-7-5-9-6-8-7/h3-6H,2H2,1H3/i6D. The first-order valence-electron chi connectivity index (χ1n) is 3.41. The lowest BCUT2D eigenvalue weighted by Gasteiger charge is -1.77. The molecule has 1 heterocycles. The molecule has 1 rings (SSSR count). The van der Waals surface area contributed by atoms with E-state index in [1.54, 1.807) is 0 Å². The molecule has 0 aromatic carbocycles. The molecular weight excluding hydrogens is 130 g/mol. The number of rotatable bonds is 2. The molecule has 0 aliphatic heterocycles. The first-order chi connectivity index (χ1) is 4.83. The van der Waals surface area contributed by atoms with Gasteiger partial charge in [0.1, 0.15) is 0 Å². The van der Waals surface area contributed by atoms with E-state index < -0.39 is 0 Å². The molecule has 9 heavy (non-hydrogen) atoms. The fourth-order valence-corrected chi connectivity index (χ4v) is 0.970. The van der Waals surface area contributed by atoms with Crippen molar-refractivity contribution in [1.29, 1.82) is 0 Å². The van der Waals surface area contributed by atoms with Crippen molar-refractivity contribution < 1.29 is 1.37 Å². The SMILES string of the molecule is [2H]c1nc(C=CCC)cs1. The summed E-state index contributed by atoms with van der Waals surface area (Å²) in [5, 5.41) is 1.88. The third-order valence-electron chi connectivity index (χ3n) is 0.931. The summed E-state index contributed by atoms with van der Waals surface area (Å²) in [6.45, 7) is 2.07. The van der Waals surface area contributed by atoms with Crippen LogP contribution >= 0.6 is 11.3 Å². The van der Waals surface area contributed by atoms with Crippen molar-refractivity contribution in [3.8, 4) is 0 Å². The lowest BCUT2D eigenvalue weighted by Crippen LogP contribution is -1.65. The van der Waals surface area contributed by atoms with E-state index in [2.05, 4.69) is 11.9 Å². The molecule has 0 spiro atoms. The molecule has 1 aromatic heterocycles. The highest BCUT2D eigenvalue weighted by Gasteiger charge is 1.82. The normalized spacial score (nSPS) is 12.3. The number of aromatic nitrogens is 1. The first kappa shape index (κ1) is 5.18. The molecule has 1 nitrogen and oxygen atoms in total. The van der Waals surface area contributed by atoms with Gasteiger partial charge in [0.25, 0.3) is 0 Å². The predicted octanol–water partition coefficient (Wildman–Crippen LogP) is 2.57. The van der Waals surface area contributed by atoms with Crippen LogP contribution in [0.15, 0.2) is 16.9 Å². The lowest BCUT2D eigenvalue weighted by molar-refractivity contribution is 1.23. The minimum absolute atomic E-state index is 0.385. The van der Waals surface area contributed by atoms with E-state index in [0.29, 0.717) is 5.49 Å². The Kier molecular flexibility index (Phi) is 1.96. The maximum atomic E-state index is 7.12. The van der Waals surface area contributed by atoms with Crippen molar-refractivity contribution in [1.82, 2.24) is 4.98 Å². The van der Waals surface area contributed by atoms with Crippen LogP contribution in [0.4, 0.5) is 0 Å². The third-order valence-corrected chi connectivity index (χ3v) is 1.49. The summed E-state index contributed by atoms with van der Waals surface area (Å²) in [7, 11) is 0. The van der Waals surface area contributed by atoms with Crippen LogP contribution in [-0.4, -0.2) is 4.98 Å². The fourth-order valence-electron chi connectivity index (χ4n) is 0.507. The van der Waals surface area contributed by atoms with E-state index in [-0.39, 0.29) is 0 Å². The van der Waals surface area contributed by atoms with Gasteiger partial charge in [0.2, 0.25) is 0 Å². The van der Waals surface area contributed by atoms with Crippen LogP contribution in [0, 0.1) is 0 Å². The maximum absolute atomic E-state index is 7.12. The van der Waals surface area contributed by atoms with E-state index in [9.17, 15) is 0 Å². The molecule has 0 saturated carbocycles. The van der Waals surface area contributed by atoms with Crippen molar-refractivity contribution in [3.05, 3.63) is 22.6 Å². The summed E-state index contributed by atoms with van der Waals surface area (Å²) < 4.78 is 7.12. The van der Waals surface area contributed by atoms with Gasteiger partial charge in [0, 0.05) is 5.38 Å². The highest BCUT2D eigenvalue weighted by atomic mass is 32.1. The number of hydrogen-bond donors (Lipinski definition) is 0. The Bertz CT molecular complexity index is 229. The summed E-state index contributed by atoms with van der Waals surface area (Å²) in [6.07, 6.45) is 4.99. The fraction of sp³-hybridized carbons (Fsp3) is 0.286. The average molecular weight is 140 g/mol. The van der Waals surface area contributed by atoms with Gasteiger partial charge in [-0.2, -0.15) is 0 Å². The van der Waals surface area contributed by atoms with Gasteiger partial charge in [-0.05, 0) is 12.5 Å². The monoisotopic (exact) mass is 140 g/mol. The molecule has 0 saturated heterocycles. The summed E-state index contributed by atoms with van der Waals surface area (Å²) in [5.41, 5.74) is 1.28. The van der Waals surface area contributed by atoms with Crippen LogP contribution in [0.5, 0.6) is 0 Å². The smallest absolute Gasteiger partial charge is 0.0960 e. The zero-order valence-corrected chi connectivity index (χ0v) is 6.11. The van der Waals surface area contributed by atoms with Crippen molar-refractivity contribution in [3.63, 3.8) is 0 Å². The molecule has 1 aromatic rings. The van der Waals surface area contributed by atoms with Gasteiger partial charge < -0.3 is 0 Å². The minimum Gasteiger partial charge on any atom is -0.245 e. The van der Waals surface area contributed by atoms with Crippen LogP contribution in [0.2, 0.25) is 0 Å². The van der Waals surface area contributed by atoms with Gasteiger partial charge in [-0.3, -0.25) is 0 Å².